The van der Waals surface area contributed by atoms with Gasteiger partial charge in [0.1, 0.15) is 0 Å². The minimum Gasteiger partial charge on any atom is -0.494 e. The van der Waals surface area contributed by atoms with E-state index in [1.54, 1.807) is 12.1 Å². The van der Waals surface area contributed by atoms with Crippen molar-refractivity contribution in [3.63, 3.8) is 0 Å². The second-order valence-corrected chi connectivity index (χ2v) is 5.90. The number of hydrogen-bond acceptors (Lipinski definition) is 3. The number of hydrogen-bond donors (Lipinski definition) is 2. The minimum atomic E-state index is -0.919. The summed E-state index contributed by atoms with van der Waals surface area (Å²) in [4.78, 5) is 23.0. The number of aliphatic carboxylic acids is 1. The molecule has 0 spiro atoms. The molecule has 0 aromatic heterocycles. The number of methoxy groups -OCH3 is 1. The van der Waals surface area contributed by atoms with Crippen LogP contribution in [-0.2, 0) is 16.0 Å². The van der Waals surface area contributed by atoms with Crippen LogP contribution in [-0.4, -0.2) is 30.6 Å². The average Bonchev–Trinajstić information content (AvgIpc) is 2.49. The zero-order chi connectivity index (χ0) is 17.4. The van der Waals surface area contributed by atoms with Gasteiger partial charge in [0.15, 0.2) is 11.6 Å². The van der Waals surface area contributed by atoms with Crippen LogP contribution in [0.15, 0.2) is 18.2 Å². The van der Waals surface area contributed by atoms with Crippen molar-refractivity contribution in [2.45, 2.75) is 33.1 Å². The van der Waals surface area contributed by atoms with Gasteiger partial charge in [-0.1, -0.05) is 26.0 Å². The third kappa shape index (κ3) is 6.26. The van der Waals surface area contributed by atoms with Crippen molar-refractivity contribution in [1.29, 1.82) is 0 Å². The fraction of sp³-hybridized carbons (Fsp3) is 0.529. The minimum absolute atomic E-state index is 0.0902. The number of aryl methyl sites for hydroxylation is 1. The molecular weight excluding hydrogens is 301 g/mol. The number of rotatable bonds is 9. The molecule has 0 aliphatic carbocycles. The molecule has 0 bridgehead atoms. The van der Waals surface area contributed by atoms with Gasteiger partial charge < -0.3 is 15.2 Å². The number of carboxylic acids is 1. The number of carbonyl (C=O) groups excluding carboxylic acids is 1. The molecule has 0 heterocycles. The monoisotopic (exact) mass is 325 g/mol. The van der Waals surface area contributed by atoms with E-state index in [1.165, 1.54) is 13.2 Å². The summed E-state index contributed by atoms with van der Waals surface area (Å²) < 4.78 is 18.8. The Morgan fingerprint density at radius 3 is 2.61 bits per heavy atom. The highest BCUT2D eigenvalue weighted by molar-refractivity contribution is 5.77. The number of benzene rings is 1. The van der Waals surface area contributed by atoms with Crippen LogP contribution in [0.4, 0.5) is 4.39 Å². The molecule has 1 amide bonds. The van der Waals surface area contributed by atoms with E-state index < -0.39 is 17.7 Å². The Balaban J connectivity index is 2.50. The van der Waals surface area contributed by atoms with Gasteiger partial charge in [-0.15, -0.1) is 0 Å². The van der Waals surface area contributed by atoms with Crippen molar-refractivity contribution in [1.82, 2.24) is 5.32 Å². The number of halogens is 1. The zero-order valence-electron chi connectivity index (χ0n) is 13.8. The smallest absolute Gasteiger partial charge is 0.308 e. The van der Waals surface area contributed by atoms with Crippen molar-refractivity contribution in [2.24, 2.45) is 11.8 Å². The Morgan fingerprint density at radius 2 is 2.04 bits per heavy atom. The van der Waals surface area contributed by atoms with Crippen LogP contribution >= 0.6 is 0 Å². The standard InChI is InChI=1S/C17H24FNO4/c1-11(2)9-13(17(21)22)10-19-15(20)8-7-12-5-4-6-14(23-3)16(12)18/h4-6,11,13H,7-10H2,1-3H3,(H,19,20)(H,21,22). The number of ether oxygens (including phenoxy) is 1. The number of nitrogens with one attached hydrogen (secondary N) is 1. The van der Waals surface area contributed by atoms with Gasteiger partial charge in [0.05, 0.1) is 13.0 Å². The SMILES string of the molecule is COc1cccc(CCC(=O)NCC(CC(C)C)C(=O)O)c1F. The van der Waals surface area contributed by atoms with E-state index in [-0.39, 0.29) is 37.0 Å². The Morgan fingerprint density at radius 1 is 1.35 bits per heavy atom. The summed E-state index contributed by atoms with van der Waals surface area (Å²) in [5.41, 5.74) is 0.400. The molecule has 0 aliphatic rings. The molecule has 0 saturated carbocycles. The highest BCUT2D eigenvalue weighted by Gasteiger charge is 2.19. The molecule has 1 aromatic carbocycles. The summed E-state index contributed by atoms with van der Waals surface area (Å²) in [7, 11) is 1.38. The molecule has 23 heavy (non-hydrogen) atoms. The maximum Gasteiger partial charge on any atom is 0.308 e. The molecule has 128 valence electrons. The lowest BCUT2D eigenvalue weighted by Gasteiger charge is -2.15. The van der Waals surface area contributed by atoms with Crippen LogP contribution in [0.1, 0.15) is 32.3 Å². The lowest BCUT2D eigenvalue weighted by Crippen LogP contribution is -2.33. The van der Waals surface area contributed by atoms with E-state index in [0.29, 0.717) is 12.0 Å². The molecule has 0 saturated heterocycles. The molecule has 1 atom stereocenters. The van der Waals surface area contributed by atoms with Gasteiger partial charge in [0.2, 0.25) is 5.91 Å². The zero-order valence-corrected chi connectivity index (χ0v) is 13.8. The van der Waals surface area contributed by atoms with Crippen LogP contribution < -0.4 is 10.1 Å². The Labute approximate surface area is 135 Å². The molecule has 5 nitrogen and oxygen atoms in total. The average molecular weight is 325 g/mol. The quantitative estimate of drug-likeness (QED) is 0.732. The second kappa shape index (κ2) is 9.12. The van der Waals surface area contributed by atoms with Crippen LogP contribution in [0, 0.1) is 17.7 Å². The van der Waals surface area contributed by atoms with E-state index in [0.717, 1.165) is 0 Å². The summed E-state index contributed by atoms with van der Waals surface area (Å²) in [6.45, 7) is 3.96. The Kier molecular flexibility index (Phi) is 7.51. The van der Waals surface area contributed by atoms with E-state index in [9.17, 15) is 14.0 Å². The topological polar surface area (TPSA) is 75.6 Å². The third-order valence-corrected chi connectivity index (χ3v) is 3.54. The Hall–Kier alpha value is -2.11. The summed E-state index contributed by atoms with van der Waals surface area (Å²) in [5, 5.41) is 11.7. The first-order valence-electron chi connectivity index (χ1n) is 7.66. The van der Waals surface area contributed by atoms with Gasteiger partial charge in [-0.2, -0.15) is 0 Å². The molecule has 2 N–H and O–H groups in total. The summed E-state index contributed by atoms with van der Waals surface area (Å²) >= 11 is 0. The summed E-state index contributed by atoms with van der Waals surface area (Å²) in [6, 6.07) is 4.78. The first kappa shape index (κ1) is 18.9. The van der Waals surface area contributed by atoms with E-state index in [2.05, 4.69) is 5.32 Å². The fourth-order valence-corrected chi connectivity index (χ4v) is 2.32. The normalized spacial score (nSPS) is 12.0. The maximum absolute atomic E-state index is 14.0. The first-order chi connectivity index (χ1) is 10.8. The fourth-order valence-electron chi connectivity index (χ4n) is 2.32. The predicted molar refractivity (Wildman–Crippen MR) is 84.9 cm³/mol. The molecule has 1 aromatic rings. The van der Waals surface area contributed by atoms with E-state index in [4.69, 9.17) is 9.84 Å². The highest BCUT2D eigenvalue weighted by Crippen LogP contribution is 2.21. The number of carbonyl (C=O) groups is 2. The lowest BCUT2D eigenvalue weighted by atomic mass is 9.97. The largest absolute Gasteiger partial charge is 0.494 e. The molecule has 6 heteroatoms. The predicted octanol–water partition coefficient (Wildman–Crippen LogP) is 2.63. The van der Waals surface area contributed by atoms with Crippen molar-refractivity contribution in [3.8, 4) is 5.75 Å². The molecule has 1 unspecified atom stereocenters. The molecule has 0 radical (unpaired) electrons. The summed E-state index contributed by atoms with van der Waals surface area (Å²) in [5.74, 6) is -1.90. The van der Waals surface area contributed by atoms with E-state index in [1.807, 2.05) is 13.8 Å². The van der Waals surface area contributed by atoms with Gasteiger partial charge >= 0.3 is 5.97 Å². The molecule has 1 rings (SSSR count). The van der Waals surface area contributed by atoms with Gasteiger partial charge in [0, 0.05) is 13.0 Å². The van der Waals surface area contributed by atoms with Crippen molar-refractivity contribution in [3.05, 3.63) is 29.6 Å². The van der Waals surface area contributed by atoms with E-state index >= 15 is 0 Å². The van der Waals surface area contributed by atoms with Crippen molar-refractivity contribution >= 4 is 11.9 Å². The van der Waals surface area contributed by atoms with Crippen LogP contribution in [0.2, 0.25) is 0 Å². The second-order valence-electron chi connectivity index (χ2n) is 5.90. The van der Waals surface area contributed by atoms with Crippen LogP contribution in [0.5, 0.6) is 5.75 Å². The number of amides is 1. The third-order valence-electron chi connectivity index (χ3n) is 3.54. The van der Waals surface area contributed by atoms with Gasteiger partial charge in [-0.05, 0) is 30.4 Å². The van der Waals surface area contributed by atoms with Crippen molar-refractivity contribution < 1.29 is 23.8 Å². The lowest BCUT2D eigenvalue weighted by molar-refractivity contribution is -0.142. The van der Waals surface area contributed by atoms with Crippen molar-refractivity contribution in [2.75, 3.05) is 13.7 Å². The van der Waals surface area contributed by atoms with Gasteiger partial charge in [-0.3, -0.25) is 9.59 Å². The Bertz CT molecular complexity index is 545. The molecule has 0 aliphatic heterocycles. The molecular formula is C17H24FNO4. The van der Waals surface area contributed by atoms with Gasteiger partial charge in [-0.25, -0.2) is 4.39 Å². The van der Waals surface area contributed by atoms with Crippen LogP contribution in [0.25, 0.3) is 0 Å². The molecule has 0 fully saturated rings. The highest BCUT2D eigenvalue weighted by atomic mass is 19.1. The summed E-state index contributed by atoms with van der Waals surface area (Å²) in [6.07, 6.45) is 0.828. The first-order valence-corrected chi connectivity index (χ1v) is 7.66. The van der Waals surface area contributed by atoms with Crippen LogP contribution in [0.3, 0.4) is 0 Å². The maximum atomic E-state index is 14.0. The number of carboxylic acid groups (broad SMARTS) is 1. The van der Waals surface area contributed by atoms with Gasteiger partial charge in [0.25, 0.3) is 0 Å².